The Balaban J connectivity index is 1.71. The van der Waals surface area contributed by atoms with Crippen molar-refractivity contribution in [3.63, 3.8) is 0 Å². The van der Waals surface area contributed by atoms with Gasteiger partial charge in [0.2, 0.25) is 0 Å². The van der Waals surface area contributed by atoms with E-state index in [0.29, 0.717) is 0 Å². The fourth-order valence-electron chi connectivity index (χ4n) is 3.95. The summed E-state index contributed by atoms with van der Waals surface area (Å²) < 4.78 is 0. The number of rotatable bonds is 3. The largest absolute Gasteiger partial charge is 0.330 e. The molecular formula is C17H25NS. The normalized spacial score (nSPS) is 34.2. The third kappa shape index (κ3) is 2.85. The Morgan fingerprint density at radius 2 is 2.05 bits per heavy atom. The lowest BCUT2D eigenvalue weighted by Crippen LogP contribution is -2.30. The summed E-state index contributed by atoms with van der Waals surface area (Å²) in [6, 6.07) is 8.98. The Kier molecular flexibility index (Phi) is 4.18. The van der Waals surface area contributed by atoms with Crippen molar-refractivity contribution in [3.05, 3.63) is 29.8 Å². The molecule has 0 spiro atoms. The van der Waals surface area contributed by atoms with E-state index >= 15 is 0 Å². The van der Waals surface area contributed by atoms with Gasteiger partial charge in [-0.3, -0.25) is 0 Å². The molecular weight excluding hydrogens is 250 g/mol. The minimum Gasteiger partial charge on any atom is -0.330 e. The van der Waals surface area contributed by atoms with Crippen molar-refractivity contribution in [2.45, 2.75) is 43.4 Å². The first-order valence-electron chi connectivity index (χ1n) is 7.69. The van der Waals surface area contributed by atoms with Gasteiger partial charge in [0.05, 0.1) is 0 Å². The van der Waals surface area contributed by atoms with E-state index in [1.807, 2.05) is 11.8 Å². The quantitative estimate of drug-likeness (QED) is 0.891. The van der Waals surface area contributed by atoms with Crippen LogP contribution in [0.2, 0.25) is 0 Å². The minimum atomic E-state index is 0.769. The van der Waals surface area contributed by atoms with E-state index < -0.39 is 0 Å². The lowest BCUT2D eigenvalue weighted by molar-refractivity contribution is 0.177. The highest BCUT2D eigenvalue weighted by Gasteiger charge is 2.32. The van der Waals surface area contributed by atoms with E-state index in [4.69, 9.17) is 5.73 Å². The molecule has 104 valence electrons. The molecule has 3 rings (SSSR count). The van der Waals surface area contributed by atoms with Gasteiger partial charge < -0.3 is 5.73 Å². The molecule has 0 amide bonds. The van der Waals surface area contributed by atoms with Crippen LogP contribution in [0.25, 0.3) is 0 Å². The molecule has 1 fully saturated rings. The summed E-state index contributed by atoms with van der Waals surface area (Å²) in [5.74, 6) is 4.57. The maximum absolute atomic E-state index is 6.00. The Hall–Kier alpha value is -0.470. The van der Waals surface area contributed by atoms with Gasteiger partial charge in [-0.1, -0.05) is 31.5 Å². The maximum atomic E-state index is 6.00. The predicted molar refractivity (Wildman–Crippen MR) is 83.6 cm³/mol. The SMILES string of the molecule is CC1CCC(CN)C(CC2CSc3ccccc32)C1. The van der Waals surface area contributed by atoms with Gasteiger partial charge >= 0.3 is 0 Å². The number of nitrogens with two attached hydrogens (primary N) is 1. The number of thioether (sulfide) groups is 1. The molecule has 2 aliphatic rings. The lowest BCUT2D eigenvalue weighted by atomic mass is 9.71. The Bertz CT molecular complexity index is 431. The second kappa shape index (κ2) is 5.88. The third-order valence-corrected chi connectivity index (χ3v) is 6.34. The smallest absolute Gasteiger partial charge is 0.0107 e. The maximum Gasteiger partial charge on any atom is 0.0107 e. The van der Waals surface area contributed by atoms with Gasteiger partial charge in [0, 0.05) is 10.6 Å². The first-order valence-corrected chi connectivity index (χ1v) is 8.68. The van der Waals surface area contributed by atoms with Gasteiger partial charge in [-0.2, -0.15) is 0 Å². The predicted octanol–water partition coefficient (Wildman–Crippen LogP) is 4.28. The summed E-state index contributed by atoms with van der Waals surface area (Å²) in [5, 5.41) is 0. The number of fused-ring (bicyclic) bond motifs is 1. The van der Waals surface area contributed by atoms with Crippen molar-refractivity contribution in [1.82, 2.24) is 0 Å². The van der Waals surface area contributed by atoms with Gasteiger partial charge in [-0.15, -0.1) is 11.8 Å². The van der Waals surface area contributed by atoms with Gasteiger partial charge in [-0.05, 0) is 61.1 Å². The van der Waals surface area contributed by atoms with E-state index in [1.165, 1.54) is 36.3 Å². The number of hydrogen-bond donors (Lipinski definition) is 1. The highest BCUT2D eigenvalue weighted by molar-refractivity contribution is 7.99. The zero-order valence-electron chi connectivity index (χ0n) is 11.8. The molecule has 0 radical (unpaired) electrons. The van der Waals surface area contributed by atoms with Crippen molar-refractivity contribution >= 4 is 11.8 Å². The molecule has 1 aromatic rings. The Labute approximate surface area is 121 Å². The molecule has 1 nitrogen and oxygen atoms in total. The fourth-order valence-corrected chi connectivity index (χ4v) is 5.22. The lowest BCUT2D eigenvalue weighted by Gasteiger charge is -2.35. The van der Waals surface area contributed by atoms with Crippen LogP contribution in [-0.2, 0) is 0 Å². The summed E-state index contributed by atoms with van der Waals surface area (Å²) in [7, 11) is 0. The third-order valence-electron chi connectivity index (χ3n) is 5.09. The number of benzene rings is 1. The van der Waals surface area contributed by atoms with E-state index in [0.717, 1.165) is 30.2 Å². The van der Waals surface area contributed by atoms with Crippen molar-refractivity contribution in [1.29, 1.82) is 0 Å². The van der Waals surface area contributed by atoms with Crippen LogP contribution in [0.15, 0.2) is 29.2 Å². The molecule has 4 unspecified atom stereocenters. The van der Waals surface area contributed by atoms with Crippen molar-refractivity contribution < 1.29 is 0 Å². The highest BCUT2D eigenvalue weighted by Crippen LogP contribution is 2.46. The van der Waals surface area contributed by atoms with Gasteiger partial charge in [-0.25, -0.2) is 0 Å². The van der Waals surface area contributed by atoms with E-state index in [9.17, 15) is 0 Å². The molecule has 1 aromatic carbocycles. The van der Waals surface area contributed by atoms with Crippen LogP contribution in [0.1, 0.15) is 44.1 Å². The summed E-state index contributed by atoms with van der Waals surface area (Å²) in [6.45, 7) is 3.30. The van der Waals surface area contributed by atoms with E-state index in [1.54, 1.807) is 5.56 Å². The topological polar surface area (TPSA) is 26.0 Å². The summed E-state index contributed by atoms with van der Waals surface area (Å²) >= 11 is 2.04. The fraction of sp³-hybridized carbons (Fsp3) is 0.647. The van der Waals surface area contributed by atoms with Crippen LogP contribution in [0.5, 0.6) is 0 Å². The van der Waals surface area contributed by atoms with Crippen LogP contribution >= 0.6 is 11.8 Å². The summed E-state index contributed by atoms with van der Waals surface area (Å²) in [6.07, 6.45) is 5.49. The molecule has 1 aliphatic carbocycles. The highest BCUT2D eigenvalue weighted by atomic mass is 32.2. The van der Waals surface area contributed by atoms with Crippen LogP contribution in [0, 0.1) is 17.8 Å². The average Bonchev–Trinajstić information content (AvgIpc) is 2.83. The minimum absolute atomic E-state index is 0.769. The van der Waals surface area contributed by atoms with Crippen LogP contribution in [0.4, 0.5) is 0 Å². The molecule has 1 saturated carbocycles. The molecule has 1 heterocycles. The first-order chi connectivity index (χ1) is 9.28. The Morgan fingerprint density at radius 1 is 1.21 bits per heavy atom. The second-order valence-corrected chi connectivity index (χ2v) is 7.52. The van der Waals surface area contributed by atoms with Crippen molar-refractivity contribution in [3.8, 4) is 0 Å². The van der Waals surface area contributed by atoms with E-state index in [-0.39, 0.29) is 0 Å². The molecule has 2 N–H and O–H groups in total. The molecule has 0 aromatic heterocycles. The molecule has 19 heavy (non-hydrogen) atoms. The Morgan fingerprint density at radius 3 is 2.89 bits per heavy atom. The summed E-state index contributed by atoms with van der Waals surface area (Å²) in [5.41, 5.74) is 7.60. The van der Waals surface area contributed by atoms with E-state index in [2.05, 4.69) is 31.2 Å². The standard InChI is InChI=1S/C17H25NS/c1-12-6-7-13(10-18)14(8-12)9-15-11-19-17-5-3-2-4-16(15)17/h2-5,12-15H,6-11,18H2,1H3. The molecule has 1 aliphatic heterocycles. The van der Waals surface area contributed by atoms with Crippen molar-refractivity contribution in [2.24, 2.45) is 23.5 Å². The zero-order valence-corrected chi connectivity index (χ0v) is 12.7. The van der Waals surface area contributed by atoms with Crippen LogP contribution in [0.3, 0.4) is 0 Å². The molecule has 2 heteroatoms. The summed E-state index contributed by atoms with van der Waals surface area (Å²) in [4.78, 5) is 1.51. The van der Waals surface area contributed by atoms with Gasteiger partial charge in [0.1, 0.15) is 0 Å². The molecule has 0 bridgehead atoms. The molecule has 0 saturated heterocycles. The van der Waals surface area contributed by atoms with Gasteiger partial charge in [0.25, 0.3) is 0 Å². The average molecular weight is 275 g/mol. The zero-order chi connectivity index (χ0) is 13.2. The van der Waals surface area contributed by atoms with Gasteiger partial charge in [0.15, 0.2) is 0 Å². The first kappa shape index (κ1) is 13.5. The van der Waals surface area contributed by atoms with Crippen molar-refractivity contribution in [2.75, 3.05) is 12.3 Å². The molecule has 4 atom stereocenters. The van der Waals surface area contributed by atoms with Crippen LogP contribution < -0.4 is 5.73 Å². The number of hydrogen-bond acceptors (Lipinski definition) is 2. The van der Waals surface area contributed by atoms with Crippen LogP contribution in [-0.4, -0.2) is 12.3 Å². The monoisotopic (exact) mass is 275 g/mol. The second-order valence-electron chi connectivity index (χ2n) is 6.46.